The van der Waals surface area contributed by atoms with Crippen LogP contribution in [-0.4, -0.2) is 44.2 Å². The number of rotatable bonds is 7. The molecule has 1 saturated heterocycles. The molecule has 1 unspecified atom stereocenters. The summed E-state index contributed by atoms with van der Waals surface area (Å²) in [7, 11) is 1.53. The number of carbonyl (C=O) groups excluding carboxylic acids is 3. The molecule has 2 N–H and O–H groups in total. The van der Waals surface area contributed by atoms with Gasteiger partial charge in [-0.15, -0.1) is 0 Å². The van der Waals surface area contributed by atoms with E-state index in [0.717, 1.165) is 6.42 Å². The van der Waals surface area contributed by atoms with Crippen LogP contribution in [0.2, 0.25) is 0 Å². The Hall–Kier alpha value is -3.39. The lowest BCUT2D eigenvalue weighted by Crippen LogP contribution is -2.27. The number of carbonyl (C=O) groups is 3. The molecule has 8 nitrogen and oxygen atoms in total. The van der Waals surface area contributed by atoms with Crippen LogP contribution >= 0.6 is 0 Å². The van der Waals surface area contributed by atoms with Gasteiger partial charge in [0.2, 0.25) is 0 Å². The molecule has 0 spiro atoms. The van der Waals surface area contributed by atoms with Gasteiger partial charge in [0.25, 0.3) is 11.8 Å². The molecule has 1 fully saturated rings. The van der Waals surface area contributed by atoms with Gasteiger partial charge < -0.3 is 24.8 Å². The SMILES string of the molecule is COc1ccccc1NC(=O)c1ccc(NC(=O)COC(=O)C2CCCO2)cc1. The number of benzene rings is 2. The van der Waals surface area contributed by atoms with Crippen LogP contribution in [-0.2, 0) is 19.1 Å². The summed E-state index contributed by atoms with van der Waals surface area (Å²) in [6.07, 6.45) is 0.839. The van der Waals surface area contributed by atoms with E-state index in [4.69, 9.17) is 14.2 Å². The van der Waals surface area contributed by atoms with Crippen molar-refractivity contribution in [3.8, 4) is 5.75 Å². The predicted molar refractivity (Wildman–Crippen MR) is 106 cm³/mol. The number of amides is 2. The Morgan fingerprint density at radius 3 is 2.52 bits per heavy atom. The fraction of sp³-hybridized carbons (Fsp3) is 0.286. The molecule has 152 valence electrons. The fourth-order valence-corrected chi connectivity index (χ4v) is 2.84. The van der Waals surface area contributed by atoms with Crippen molar-refractivity contribution < 1.29 is 28.6 Å². The lowest BCUT2D eigenvalue weighted by atomic mass is 10.2. The molecule has 2 aromatic carbocycles. The molecule has 1 atom stereocenters. The van der Waals surface area contributed by atoms with Crippen LogP contribution in [0, 0.1) is 0 Å². The molecule has 0 aliphatic carbocycles. The first-order chi connectivity index (χ1) is 14.1. The van der Waals surface area contributed by atoms with Crippen LogP contribution in [0.3, 0.4) is 0 Å². The Kier molecular flexibility index (Phi) is 6.80. The zero-order valence-electron chi connectivity index (χ0n) is 16.0. The molecule has 0 saturated carbocycles. The average molecular weight is 398 g/mol. The maximum Gasteiger partial charge on any atom is 0.335 e. The van der Waals surface area contributed by atoms with Crippen LogP contribution < -0.4 is 15.4 Å². The van der Waals surface area contributed by atoms with Gasteiger partial charge in [0.1, 0.15) is 5.75 Å². The molecule has 2 amide bonds. The molecule has 3 rings (SSSR count). The standard InChI is InChI=1S/C21H22N2O6/c1-27-17-6-3-2-5-16(17)23-20(25)14-8-10-15(11-9-14)22-19(24)13-29-21(26)18-7-4-12-28-18/h2-3,5-6,8-11,18H,4,7,12-13H2,1H3,(H,22,24)(H,23,25). The molecule has 0 bridgehead atoms. The van der Waals surface area contributed by atoms with Crippen molar-refractivity contribution in [2.45, 2.75) is 18.9 Å². The Labute approximate surface area is 168 Å². The van der Waals surface area contributed by atoms with Crippen molar-refractivity contribution in [1.29, 1.82) is 0 Å². The van der Waals surface area contributed by atoms with Crippen LogP contribution in [0.5, 0.6) is 5.75 Å². The quantitative estimate of drug-likeness (QED) is 0.695. The Bertz CT molecular complexity index is 875. The van der Waals surface area contributed by atoms with E-state index < -0.39 is 24.6 Å². The largest absolute Gasteiger partial charge is 0.495 e. The molecule has 0 radical (unpaired) electrons. The van der Waals surface area contributed by atoms with Crippen LogP contribution in [0.4, 0.5) is 11.4 Å². The lowest BCUT2D eigenvalue weighted by Gasteiger charge is -2.11. The monoisotopic (exact) mass is 398 g/mol. The zero-order valence-corrected chi connectivity index (χ0v) is 16.0. The predicted octanol–water partition coefficient (Wildman–Crippen LogP) is 2.61. The Morgan fingerprint density at radius 2 is 1.83 bits per heavy atom. The summed E-state index contributed by atoms with van der Waals surface area (Å²) in [5.41, 5.74) is 1.46. The molecule has 1 aliphatic rings. The minimum absolute atomic E-state index is 0.308. The summed E-state index contributed by atoms with van der Waals surface area (Å²) in [5, 5.41) is 5.39. The highest BCUT2D eigenvalue weighted by Crippen LogP contribution is 2.24. The highest BCUT2D eigenvalue weighted by atomic mass is 16.6. The van der Waals surface area contributed by atoms with Crippen molar-refractivity contribution in [1.82, 2.24) is 0 Å². The number of hydrogen-bond acceptors (Lipinski definition) is 6. The molecule has 0 aromatic heterocycles. The summed E-state index contributed by atoms with van der Waals surface area (Å²) < 4.78 is 15.4. The summed E-state index contributed by atoms with van der Waals surface area (Å²) in [6, 6.07) is 13.4. The Balaban J connectivity index is 1.50. The van der Waals surface area contributed by atoms with Crippen molar-refractivity contribution in [2.24, 2.45) is 0 Å². The maximum atomic E-state index is 12.4. The van der Waals surface area contributed by atoms with Crippen molar-refractivity contribution in [3.05, 3.63) is 54.1 Å². The Morgan fingerprint density at radius 1 is 1.07 bits per heavy atom. The van der Waals surface area contributed by atoms with E-state index in [2.05, 4.69) is 10.6 Å². The number of ether oxygens (including phenoxy) is 3. The lowest BCUT2D eigenvalue weighted by molar-refractivity contribution is -0.156. The first-order valence-electron chi connectivity index (χ1n) is 9.19. The zero-order chi connectivity index (χ0) is 20.6. The third-order valence-corrected chi connectivity index (χ3v) is 4.32. The number of hydrogen-bond donors (Lipinski definition) is 2. The van der Waals surface area contributed by atoms with Gasteiger partial charge >= 0.3 is 5.97 Å². The normalized spacial score (nSPS) is 15.4. The maximum absolute atomic E-state index is 12.4. The van der Waals surface area contributed by atoms with Gasteiger partial charge in [0, 0.05) is 17.9 Å². The van der Waals surface area contributed by atoms with Gasteiger partial charge in [-0.05, 0) is 49.2 Å². The topological polar surface area (TPSA) is 103 Å². The first kappa shape index (κ1) is 20.3. The molecule has 2 aromatic rings. The van der Waals surface area contributed by atoms with Gasteiger partial charge in [0.15, 0.2) is 12.7 Å². The highest BCUT2D eigenvalue weighted by Gasteiger charge is 2.25. The van der Waals surface area contributed by atoms with E-state index in [0.29, 0.717) is 35.7 Å². The number of nitrogens with one attached hydrogen (secondary N) is 2. The third-order valence-electron chi connectivity index (χ3n) is 4.32. The molecular weight excluding hydrogens is 376 g/mol. The van der Waals surface area contributed by atoms with Gasteiger partial charge in [-0.3, -0.25) is 9.59 Å². The first-order valence-corrected chi connectivity index (χ1v) is 9.19. The van der Waals surface area contributed by atoms with Crippen molar-refractivity contribution in [2.75, 3.05) is 31.0 Å². The van der Waals surface area contributed by atoms with E-state index in [1.165, 1.54) is 7.11 Å². The van der Waals surface area contributed by atoms with E-state index in [9.17, 15) is 14.4 Å². The number of methoxy groups -OCH3 is 1. The molecule has 8 heteroatoms. The summed E-state index contributed by atoms with van der Waals surface area (Å²) in [6.45, 7) is 0.137. The van der Waals surface area contributed by atoms with Gasteiger partial charge in [-0.2, -0.15) is 0 Å². The van der Waals surface area contributed by atoms with Crippen LogP contribution in [0.25, 0.3) is 0 Å². The smallest absolute Gasteiger partial charge is 0.335 e. The fourth-order valence-electron chi connectivity index (χ4n) is 2.84. The van der Waals surface area contributed by atoms with Gasteiger partial charge in [0.05, 0.1) is 12.8 Å². The highest BCUT2D eigenvalue weighted by molar-refractivity contribution is 6.05. The van der Waals surface area contributed by atoms with Gasteiger partial charge in [-0.1, -0.05) is 12.1 Å². The van der Waals surface area contributed by atoms with Crippen LogP contribution in [0.1, 0.15) is 23.2 Å². The second kappa shape index (κ2) is 9.70. The molecule has 1 heterocycles. The second-order valence-corrected chi connectivity index (χ2v) is 6.39. The number of para-hydroxylation sites is 2. The number of anilines is 2. The van der Waals surface area contributed by atoms with Crippen LogP contribution in [0.15, 0.2) is 48.5 Å². The molecule has 1 aliphatic heterocycles. The van der Waals surface area contributed by atoms with Crippen molar-refractivity contribution >= 4 is 29.2 Å². The average Bonchev–Trinajstić information content (AvgIpc) is 3.28. The van der Waals surface area contributed by atoms with E-state index in [1.54, 1.807) is 42.5 Å². The minimum atomic E-state index is -0.580. The number of esters is 1. The van der Waals surface area contributed by atoms with E-state index in [-0.39, 0.29) is 5.91 Å². The van der Waals surface area contributed by atoms with E-state index >= 15 is 0 Å². The minimum Gasteiger partial charge on any atom is -0.495 e. The van der Waals surface area contributed by atoms with Gasteiger partial charge in [-0.25, -0.2) is 4.79 Å². The van der Waals surface area contributed by atoms with E-state index in [1.807, 2.05) is 6.07 Å². The molecular formula is C21H22N2O6. The summed E-state index contributed by atoms with van der Waals surface area (Å²) in [4.78, 5) is 36.1. The van der Waals surface area contributed by atoms with Crippen molar-refractivity contribution in [3.63, 3.8) is 0 Å². The summed E-state index contributed by atoms with van der Waals surface area (Å²) in [5.74, 6) is -0.747. The third kappa shape index (κ3) is 5.55. The summed E-state index contributed by atoms with van der Waals surface area (Å²) >= 11 is 0. The second-order valence-electron chi connectivity index (χ2n) is 6.39. The molecule has 29 heavy (non-hydrogen) atoms.